The van der Waals surface area contributed by atoms with E-state index in [9.17, 15) is 4.79 Å². The average Bonchev–Trinajstić information content (AvgIpc) is 3.39. The number of hydrazone groups is 1. The molecule has 0 saturated heterocycles. The van der Waals surface area contributed by atoms with Crippen LogP contribution in [-0.4, -0.2) is 27.0 Å². The van der Waals surface area contributed by atoms with Crippen LogP contribution in [0.3, 0.4) is 0 Å². The van der Waals surface area contributed by atoms with E-state index >= 15 is 0 Å². The Morgan fingerprint density at radius 3 is 2.71 bits per heavy atom. The number of aryl methyl sites for hydroxylation is 1. The summed E-state index contributed by atoms with van der Waals surface area (Å²) in [6.07, 6.45) is 1.54. The van der Waals surface area contributed by atoms with Crippen LogP contribution in [0.5, 0.6) is 0 Å². The van der Waals surface area contributed by atoms with E-state index in [4.69, 9.17) is 9.83 Å². The number of amides is 1. The molecule has 0 radical (unpaired) electrons. The number of amidine groups is 2. The molecule has 3 aromatic rings. The van der Waals surface area contributed by atoms with Crippen LogP contribution < -0.4 is 0 Å². The van der Waals surface area contributed by atoms with Crippen molar-refractivity contribution in [1.82, 2.24) is 5.01 Å². The molecule has 6 nitrogen and oxygen atoms in total. The number of benzene rings is 2. The van der Waals surface area contributed by atoms with Crippen molar-refractivity contribution in [2.24, 2.45) is 10.1 Å². The molecule has 1 aromatic heterocycles. The number of aliphatic imine (C=N–C) groups is 1. The van der Waals surface area contributed by atoms with Gasteiger partial charge >= 0.3 is 0 Å². The van der Waals surface area contributed by atoms with E-state index in [1.54, 1.807) is 6.07 Å². The summed E-state index contributed by atoms with van der Waals surface area (Å²) < 4.78 is 6.85. The third-order valence-corrected chi connectivity index (χ3v) is 6.39. The fraction of sp³-hybridized carbons (Fsp3) is 0.0435. The van der Waals surface area contributed by atoms with Gasteiger partial charge in [0.2, 0.25) is 5.17 Å². The number of hydrogen-bond donors (Lipinski definition) is 1. The van der Waals surface area contributed by atoms with Gasteiger partial charge in [0, 0.05) is 15.6 Å². The topological polar surface area (TPSA) is 82.0 Å². The summed E-state index contributed by atoms with van der Waals surface area (Å²) in [5.41, 5.74) is 3.09. The van der Waals surface area contributed by atoms with Gasteiger partial charge in [0.25, 0.3) is 5.91 Å². The third kappa shape index (κ3) is 3.68. The molecule has 3 heterocycles. The Bertz CT molecular complexity index is 1320. The molecule has 1 N–H and O–H groups in total. The molecule has 0 spiro atoms. The quantitative estimate of drug-likeness (QED) is 0.478. The molecule has 8 heteroatoms. The first kappa shape index (κ1) is 19.7. The number of carbonyl (C=O) groups excluding carboxylic acids is 1. The van der Waals surface area contributed by atoms with Crippen molar-refractivity contribution in [3.63, 3.8) is 0 Å². The van der Waals surface area contributed by atoms with Crippen LogP contribution in [0.25, 0.3) is 17.4 Å². The number of hydrogen-bond acceptors (Lipinski definition) is 5. The van der Waals surface area contributed by atoms with Crippen molar-refractivity contribution in [1.29, 1.82) is 5.41 Å². The number of thioether (sulfide) groups is 1. The first-order chi connectivity index (χ1) is 15.0. The van der Waals surface area contributed by atoms with Gasteiger partial charge in [0.05, 0.1) is 5.57 Å². The molecule has 0 unspecified atom stereocenters. The van der Waals surface area contributed by atoms with Gasteiger partial charge in [-0.3, -0.25) is 10.2 Å². The van der Waals surface area contributed by atoms with E-state index in [-0.39, 0.29) is 11.4 Å². The molecule has 31 heavy (non-hydrogen) atoms. The molecular weight excluding hydrogens is 476 g/mol. The van der Waals surface area contributed by atoms with Crippen molar-refractivity contribution >= 4 is 55.7 Å². The minimum absolute atomic E-state index is 0.0251. The van der Waals surface area contributed by atoms with Crippen molar-refractivity contribution in [2.75, 3.05) is 0 Å². The molecule has 5 rings (SSSR count). The second kappa shape index (κ2) is 7.79. The van der Waals surface area contributed by atoms with E-state index in [0.717, 1.165) is 21.2 Å². The van der Waals surface area contributed by atoms with Gasteiger partial charge in [0.15, 0.2) is 5.84 Å². The molecule has 1 amide bonds. The van der Waals surface area contributed by atoms with Gasteiger partial charge in [0.1, 0.15) is 16.6 Å². The SMILES string of the molecule is Cc1ccc(-c2ccc(C=C3C(=N)N4N=C(c5ccccc5)SC4=NC3=O)o2)c(Br)c1. The van der Waals surface area contributed by atoms with Crippen LogP contribution in [0.15, 0.2) is 85.2 Å². The minimum atomic E-state index is -0.484. The van der Waals surface area contributed by atoms with E-state index in [1.807, 2.05) is 61.5 Å². The van der Waals surface area contributed by atoms with Crippen LogP contribution in [0.2, 0.25) is 0 Å². The van der Waals surface area contributed by atoms with Crippen LogP contribution in [0, 0.1) is 12.3 Å². The monoisotopic (exact) mass is 490 g/mol. The van der Waals surface area contributed by atoms with E-state index in [0.29, 0.717) is 21.7 Å². The Kier molecular flexibility index (Phi) is 4.95. The van der Waals surface area contributed by atoms with Crippen molar-refractivity contribution in [2.45, 2.75) is 6.92 Å². The molecule has 0 saturated carbocycles. The predicted molar refractivity (Wildman–Crippen MR) is 127 cm³/mol. The molecule has 0 bridgehead atoms. The Morgan fingerprint density at radius 1 is 1.13 bits per heavy atom. The number of nitrogens with zero attached hydrogens (tertiary/aromatic N) is 3. The number of nitrogens with one attached hydrogen (secondary N) is 1. The highest BCUT2D eigenvalue weighted by atomic mass is 79.9. The lowest BCUT2D eigenvalue weighted by atomic mass is 10.1. The van der Waals surface area contributed by atoms with Crippen LogP contribution in [0.1, 0.15) is 16.9 Å². The summed E-state index contributed by atoms with van der Waals surface area (Å²) in [7, 11) is 0. The van der Waals surface area contributed by atoms with Gasteiger partial charge in [-0.25, -0.2) is 0 Å². The lowest BCUT2D eigenvalue weighted by Gasteiger charge is -2.19. The first-order valence-electron chi connectivity index (χ1n) is 9.41. The van der Waals surface area contributed by atoms with Gasteiger partial charge in [-0.2, -0.15) is 15.1 Å². The summed E-state index contributed by atoms with van der Waals surface area (Å²) >= 11 is 4.84. The highest BCUT2D eigenvalue weighted by Gasteiger charge is 2.36. The van der Waals surface area contributed by atoms with E-state index in [2.05, 4.69) is 26.0 Å². The predicted octanol–water partition coefficient (Wildman–Crippen LogP) is 5.68. The first-order valence-corrected chi connectivity index (χ1v) is 11.0. The Balaban J connectivity index is 1.45. The lowest BCUT2D eigenvalue weighted by Crippen LogP contribution is -2.35. The molecule has 152 valence electrons. The Hall–Kier alpha value is -3.23. The summed E-state index contributed by atoms with van der Waals surface area (Å²) in [5, 5.41) is 15.5. The van der Waals surface area contributed by atoms with Gasteiger partial charge in [-0.05, 0) is 54.6 Å². The van der Waals surface area contributed by atoms with Gasteiger partial charge < -0.3 is 4.42 Å². The van der Waals surface area contributed by atoms with Gasteiger partial charge in [-0.15, -0.1) is 0 Å². The largest absolute Gasteiger partial charge is 0.457 e. The number of halogens is 1. The molecular formula is C23H15BrN4O2S. The molecule has 0 atom stereocenters. The van der Waals surface area contributed by atoms with E-state index in [1.165, 1.54) is 22.8 Å². The molecule has 2 aliphatic rings. The number of furan rings is 1. The average molecular weight is 491 g/mol. The number of fused-ring (bicyclic) bond motifs is 1. The van der Waals surface area contributed by atoms with Crippen molar-refractivity contribution in [3.05, 3.63) is 87.6 Å². The summed E-state index contributed by atoms with van der Waals surface area (Å²) in [6.45, 7) is 2.02. The van der Waals surface area contributed by atoms with Crippen LogP contribution >= 0.6 is 27.7 Å². The summed E-state index contributed by atoms with van der Waals surface area (Å²) in [4.78, 5) is 16.8. The number of carbonyl (C=O) groups is 1. The van der Waals surface area contributed by atoms with Crippen LogP contribution in [-0.2, 0) is 4.79 Å². The summed E-state index contributed by atoms with van der Waals surface area (Å²) in [5.74, 6) is 0.623. The van der Waals surface area contributed by atoms with E-state index < -0.39 is 5.91 Å². The van der Waals surface area contributed by atoms with Crippen molar-refractivity contribution < 1.29 is 9.21 Å². The molecule has 0 aliphatic carbocycles. The van der Waals surface area contributed by atoms with Crippen molar-refractivity contribution in [3.8, 4) is 11.3 Å². The summed E-state index contributed by atoms with van der Waals surface area (Å²) in [6, 6.07) is 19.2. The maximum Gasteiger partial charge on any atom is 0.283 e. The second-order valence-electron chi connectivity index (χ2n) is 6.98. The minimum Gasteiger partial charge on any atom is -0.457 e. The molecule has 2 aromatic carbocycles. The zero-order valence-electron chi connectivity index (χ0n) is 16.3. The van der Waals surface area contributed by atoms with Gasteiger partial charge in [-0.1, -0.05) is 52.3 Å². The highest BCUT2D eigenvalue weighted by Crippen LogP contribution is 2.33. The second-order valence-corrected chi connectivity index (χ2v) is 8.79. The molecule has 2 aliphatic heterocycles. The Morgan fingerprint density at radius 2 is 1.94 bits per heavy atom. The Labute approximate surface area is 191 Å². The third-order valence-electron chi connectivity index (χ3n) is 4.78. The zero-order chi connectivity index (χ0) is 21.5. The highest BCUT2D eigenvalue weighted by molar-refractivity contribution is 9.10. The maximum absolute atomic E-state index is 12.6. The number of rotatable bonds is 3. The van der Waals surface area contributed by atoms with Crippen LogP contribution in [0.4, 0.5) is 0 Å². The maximum atomic E-state index is 12.6. The fourth-order valence-corrected chi connectivity index (χ4v) is 4.81. The zero-order valence-corrected chi connectivity index (χ0v) is 18.7. The normalized spacial score (nSPS) is 17.1. The lowest BCUT2D eigenvalue weighted by molar-refractivity contribution is -0.114. The standard InChI is InChI=1S/C23H15BrN4O2S/c1-13-7-9-16(18(24)11-13)19-10-8-15(30-19)12-17-20(25)28-23(26-21(17)29)31-22(27-28)14-5-3-2-4-6-14/h2-12,25H,1H3. The molecule has 0 fully saturated rings. The fourth-order valence-electron chi connectivity index (χ4n) is 3.23. The smallest absolute Gasteiger partial charge is 0.283 e.